The van der Waals surface area contributed by atoms with E-state index in [2.05, 4.69) is 18.3 Å². The Kier molecular flexibility index (Phi) is 9.08. The van der Waals surface area contributed by atoms with E-state index in [1.54, 1.807) is 0 Å². The number of aromatic amines is 1. The van der Waals surface area contributed by atoms with Gasteiger partial charge in [0.25, 0.3) is 5.56 Å². The van der Waals surface area contributed by atoms with Gasteiger partial charge in [-0.2, -0.15) is 4.31 Å². The van der Waals surface area contributed by atoms with Gasteiger partial charge in [-0.1, -0.05) is 0 Å². The van der Waals surface area contributed by atoms with Crippen molar-refractivity contribution >= 4 is 15.6 Å². The number of phosphoric acid groups is 2. The molecule has 1 aromatic rings. The largest absolute Gasteiger partial charge is 0.483 e. The van der Waals surface area contributed by atoms with Gasteiger partial charge < -0.3 is 44.8 Å². The normalized spacial score (nSPS) is 36.3. The second-order valence-electron chi connectivity index (χ2n) is 8.03. The Hall–Kier alpha value is -1.34. The summed E-state index contributed by atoms with van der Waals surface area (Å²) in [4.78, 5) is 45.2. The molecule has 2 aliphatic heterocycles. The average Bonchev–Trinajstić information content (AvgIpc) is 3.14. The molecule has 0 saturated carbocycles. The first-order chi connectivity index (χ1) is 16.6. The molecule has 20 heteroatoms. The van der Waals surface area contributed by atoms with Gasteiger partial charge in [-0.15, -0.1) is 0 Å². The highest BCUT2D eigenvalue weighted by Gasteiger charge is 2.48. The molecule has 3 rings (SSSR count). The number of aliphatic hydroxyl groups excluding tert-OH is 5. The highest BCUT2D eigenvalue weighted by Crippen LogP contribution is 2.61. The molecule has 2 saturated heterocycles. The summed E-state index contributed by atoms with van der Waals surface area (Å²) in [5, 5.41) is 48.5. The van der Waals surface area contributed by atoms with E-state index in [0.29, 0.717) is 0 Å². The number of ether oxygens (including phenoxy) is 2. The molecule has 2 fully saturated rings. The standard InChI is InChI=1S/C16H26N2O16P2/c1-6-3-18(16(25)17-14(6)24)10-2-7(20)9(31-10)5-30-35(26,27)34-36(28,29)33-15-13(23)12(22)11(21)8(4-19)32-15/h3,7-13,15,19-23H,2,4-5H2,1H3,(H,26,27)(H,28,29)(H,17,24,25)/t7-,8+,9+,10+,11+,12-,13+,15+/m0/s1. The minimum Gasteiger partial charge on any atom is -0.394 e. The molecule has 1 aromatic heterocycles. The molecular weight excluding hydrogens is 538 g/mol. The van der Waals surface area contributed by atoms with Gasteiger partial charge in [0.05, 0.1) is 19.3 Å². The van der Waals surface area contributed by atoms with Crippen LogP contribution in [0.4, 0.5) is 0 Å². The van der Waals surface area contributed by atoms with Gasteiger partial charge in [0.1, 0.15) is 36.7 Å². The third-order valence-electron chi connectivity index (χ3n) is 5.35. The van der Waals surface area contributed by atoms with Gasteiger partial charge in [-0.3, -0.25) is 23.4 Å². The minimum atomic E-state index is -5.54. The topological polar surface area (TPSA) is 277 Å². The summed E-state index contributed by atoms with van der Waals surface area (Å²) < 4.78 is 48.8. The molecule has 206 valence electrons. The number of aromatic nitrogens is 2. The summed E-state index contributed by atoms with van der Waals surface area (Å²) in [6, 6.07) is 0. The second kappa shape index (κ2) is 11.2. The number of nitrogens with one attached hydrogen (secondary N) is 1. The van der Waals surface area contributed by atoms with Crippen LogP contribution >= 0.6 is 15.6 Å². The van der Waals surface area contributed by atoms with Crippen molar-refractivity contribution in [2.75, 3.05) is 13.2 Å². The molecule has 0 aliphatic carbocycles. The fourth-order valence-electron chi connectivity index (χ4n) is 3.46. The van der Waals surface area contributed by atoms with Crippen molar-refractivity contribution in [3.05, 3.63) is 32.6 Å². The number of phosphoric ester groups is 2. The molecule has 2 unspecified atom stereocenters. The zero-order valence-electron chi connectivity index (χ0n) is 18.5. The lowest BCUT2D eigenvalue weighted by Gasteiger charge is -2.39. The lowest BCUT2D eigenvalue weighted by Crippen LogP contribution is -2.58. The quantitative estimate of drug-likeness (QED) is 0.135. The van der Waals surface area contributed by atoms with Gasteiger partial charge in [0.2, 0.25) is 0 Å². The van der Waals surface area contributed by atoms with Crippen LogP contribution in [-0.2, 0) is 32.0 Å². The summed E-state index contributed by atoms with van der Waals surface area (Å²) in [7, 11) is -10.9. The first-order valence-electron chi connectivity index (χ1n) is 10.3. The monoisotopic (exact) mass is 564 g/mol. The number of rotatable bonds is 9. The summed E-state index contributed by atoms with van der Waals surface area (Å²) in [6.45, 7) is -0.305. The average molecular weight is 564 g/mol. The summed E-state index contributed by atoms with van der Waals surface area (Å²) >= 11 is 0. The van der Waals surface area contributed by atoms with Crippen LogP contribution < -0.4 is 11.2 Å². The van der Waals surface area contributed by atoms with E-state index in [0.717, 1.165) is 4.57 Å². The molecule has 36 heavy (non-hydrogen) atoms. The van der Waals surface area contributed by atoms with Gasteiger partial charge >= 0.3 is 21.3 Å². The molecule has 2 aliphatic rings. The maximum Gasteiger partial charge on any atom is 0.483 e. The number of hydrogen-bond acceptors (Lipinski definition) is 14. The Labute approximate surface area is 201 Å². The highest BCUT2D eigenvalue weighted by atomic mass is 31.3. The van der Waals surface area contributed by atoms with E-state index in [4.69, 9.17) is 14.6 Å². The molecule has 0 amide bonds. The van der Waals surface area contributed by atoms with Crippen LogP contribution in [0.25, 0.3) is 0 Å². The van der Waals surface area contributed by atoms with Crippen LogP contribution in [0.5, 0.6) is 0 Å². The Morgan fingerprint density at radius 3 is 2.36 bits per heavy atom. The van der Waals surface area contributed by atoms with Crippen LogP contribution in [0.3, 0.4) is 0 Å². The van der Waals surface area contributed by atoms with E-state index in [-0.39, 0.29) is 12.0 Å². The van der Waals surface area contributed by atoms with Gasteiger partial charge in [0, 0.05) is 18.2 Å². The fourth-order valence-corrected chi connectivity index (χ4v) is 5.62. The van der Waals surface area contributed by atoms with E-state index in [9.17, 15) is 48.9 Å². The van der Waals surface area contributed by atoms with E-state index < -0.39 is 89.2 Å². The lowest BCUT2D eigenvalue weighted by atomic mass is 10.00. The Bertz CT molecular complexity index is 1140. The van der Waals surface area contributed by atoms with E-state index in [1.807, 2.05) is 0 Å². The molecule has 3 heterocycles. The minimum absolute atomic E-state index is 0.172. The van der Waals surface area contributed by atoms with E-state index in [1.165, 1.54) is 13.1 Å². The van der Waals surface area contributed by atoms with Crippen molar-refractivity contribution in [3.63, 3.8) is 0 Å². The number of nitrogens with zero attached hydrogens (tertiary/aromatic N) is 1. The molecule has 0 aromatic carbocycles. The highest BCUT2D eigenvalue weighted by molar-refractivity contribution is 7.61. The third kappa shape index (κ3) is 6.75. The van der Waals surface area contributed by atoms with Crippen molar-refractivity contribution in [3.8, 4) is 0 Å². The van der Waals surface area contributed by atoms with Crippen LogP contribution in [0.15, 0.2) is 15.8 Å². The van der Waals surface area contributed by atoms with Crippen molar-refractivity contribution in [2.45, 2.75) is 62.5 Å². The van der Waals surface area contributed by atoms with Gasteiger partial charge in [-0.05, 0) is 6.92 Å². The Morgan fingerprint density at radius 2 is 1.72 bits per heavy atom. The van der Waals surface area contributed by atoms with Crippen LogP contribution in [-0.4, -0.2) is 101 Å². The van der Waals surface area contributed by atoms with Crippen LogP contribution in [0.2, 0.25) is 0 Å². The number of H-pyrrole nitrogens is 1. The number of aryl methyl sites for hydroxylation is 1. The SMILES string of the molecule is Cc1cn([C@H]2C[C@H](O)[C@@H](COP(=O)(O)OP(=O)(O)O[C@H]3O[C@H](CO)[C@@H](O)[C@H](O)[C@H]3O)O2)c(=O)[nH]c1=O. The molecule has 0 radical (unpaired) electrons. The maximum absolute atomic E-state index is 12.2. The smallest absolute Gasteiger partial charge is 0.394 e. The zero-order chi connectivity index (χ0) is 27.0. The molecule has 0 bridgehead atoms. The van der Waals surface area contributed by atoms with Crippen LogP contribution in [0.1, 0.15) is 18.2 Å². The summed E-state index contributed by atoms with van der Waals surface area (Å²) in [6.07, 6.45) is -12.2. The van der Waals surface area contributed by atoms with E-state index >= 15 is 0 Å². The first kappa shape index (κ1) is 29.2. The predicted molar refractivity (Wildman–Crippen MR) is 112 cm³/mol. The Morgan fingerprint density at radius 1 is 1.06 bits per heavy atom. The van der Waals surface area contributed by atoms with Gasteiger partial charge in [-0.25, -0.2) is 13.9 Å². The number of hydrogen-bond donors (Lipinski definition) is 8. The fraction of sp³-hybridized carbons (Fsp3) is 0.750. The summed E-state index contributed by atoms with van der Waals surface area (Å²) in [5.41, 5.74) is -1.27. The second-order valence-corrected chi connectivity index (χ2v) is 11.0. The molecule has 8 N–H and O–H groups in total. The van der Waals surface area contributed by atoms with Gasteiger partial charge in [0.15, 0.2) is 6.29 Å². The van der Waals surface area contributed by atoms with Crippen molar-refractivity contribution in [1.82, 2.24) is 9.55 Å². The van der Waals surface area contributed by atoms with Crippen molar-refractivity contribution in [1.29, 1.82) is 0 Å². The summed E-state index contributed by atoms with van der Waals surface area (Å²) in [5.74, 6) is 0. The third-order valence-corrected chi connectivity index (χ3v) is 7.95. The van der Waals surface area contributed by atoms with Crippen molar-refractivity contribution in [2.24, 2.45) is 0 Å². The number of aliphatic hydroxyl groups is 5. The molecule has 10 atom stereocenters. The Balaban J connectivity index is 1.59. The van der Waals surface area contributed by atoms with Crippen LogP contribution in [0, 0.1) is 6.92 Å². The van der Waals surface area contributed by atoms with Crippen molar-refractivity contribution < 1.29 is 67.3 Å². The molecular formula is C16H26N2O16P2. The predicted octanol–water partition coefficient (Wildman–Crippen LogP) is -3.46. The maximum atomic E-state index is 12.2. The lowest BCUT2D eigenvalue weighted by molar-refractivity contribution is -0.280. The molecule has 0 spiro atoms. The zero-order valence-corrected chi connectivity index (χ0v) is 20.3. The molecule has 18 nitrogen and oxygen atoms in total. The first-order valence-corrected chi connectivity index (χ1v) is 13.3.